The first-order chi connectivity index (χ1) is 9.97. The van der Waals surface area contributed by atoms with Crippen molar-refractivity contribution < 1.29 is 13.6 Å². The van der Waals surface area contributed by atoms with E-state index in [-0.39, 0.29) is 17.5 Å². The molecule has 2 unspecified atom stereocenters. The van der Waals surface area contributed by atoms with E-state index in [2.05, 4.69) is 10.3 Å². The summed E-state index contributed by atoms with van der Waals surface area (Å²) in [7, 11) is 0. The van der Waals surface area contributed by atoms with Gasteiger partial charge >= 0.3 is 0 Å². The second-order valence-corrected chi connectivity index (χ2v) is 5.88. The third kappa shape index (κ3) is 2.48. The number of hydrogen-bond donors (Lipinski definition) is 1. The highest BCUT2D eigenvalue weighted by molar-refractivity contribution is 6.20. The Morgan fingerprint density at radius 2 is 2.29 bits per heavy atom. The highest BCUT2D eigenvalue weighted by Gasteiger charge is 2.26. The van der Waals surface area contributed by atoms with E-state index in [1.165, 1.54) is 6.07 Å². The number of carbonyl (C=O) groups is 1. The van der Waals surface area contributed by atoms with E-state index in [0.717, 1.165) is 6.07 Å². The van der Waals surface area contributed by atoms with Crippen molar-refractivity contribution in [2.24, 2.45) is 0 Å². The largest absolute Gasteiger partial charge is 0.352 e. The Bertz CT molecular complexity index is 714. The summed E-state index contributed by atoms with van der Waals surface area (Å²) in [6, 6.07) is 2.36. The fourth-order valence-electron chi connectivity index (χ4n) is 2.70. The minimum absolute atomic E-state index is 0.0310. The Labute approximate surface area is 125 Å². The second kappa shape index (κ2) is 5.26. The molecule has 0 saturated carbocycles. The van der Waals surface area contributed by atoms with Crippen LogP contribution >= 0.6 is 11.6 Å². The number of hydrogen-bond acceptors (Lipinski definition) is 2. The summed E-state index contributed by atoms with van der Waals surface area (Å²) in [4.78, 5) is 15.6. The first kappa shape index (κ1) is 14.3. The minimum Gasteiger partial charge on any atom is -0.352 e. The second-order valence-electron chi connectivity index (χ2n) is 5.23. The molecular weight excluding hydrogens is 300 g/mol. The minimum atomic E-state index is -0.937. The quantitative estimate of drug-likeness (QED) is 0.886. The molecule has 1 N–H and O–H groups in total. The number of nitrogens with zero attached hydrogens (tertiary/aromatic N) is 2. The molecule has 4 nitrogen and oxygen atoms in total. The van der Waals surface area contributed by atoms with Crippen LogP contribution in [0.1, 0.15) is 31.0 Å². The summed E-state index contributed by atoms with van der Waals surface area (Å²) in [5, 5.41) is 2.36. The molecule has 2 heterocycles. The van der Waals surface area contributed by atoms with Crippen molar-refractivity contribution in [1.29, 1.82) is 0 Å². The molecule has 21 heavy (non-hydrogen) atoms. The van der Waals surface area contributed by atoms with Crippen LogP contribution in [0.2, 0.25) is 0 Å². The van der Waals surface area contributed by atoms with Gasteiger partial charge in [0.05, 0.1) is 10.9 Å². The van der Waals surface area contributed by atoms with Crippen molar-refractivity contribution >= 4 is 28.5 Å². The Kier molecular flexibility index (Phi) is 3.57. The average Bonchev–Trinajstić information content (AvgIpc) is 2.99. The smallest absolute Gasteiger partial charge is 0.220 e. The third-order valence-corrected chi connectivity index (χ3v) is 3.87. The summed E-state index contributed by atoms with van der Waals surface area (Å²) >= 11 is 6.10. The van der Waals surface area contributed by atoms with Crippen LogP contribution in [0.3, 0.4) is 0 Å². The van der Waals surface area contributed by atoms with E-state index in [1.807, 2.05) is 0 Å². The molecule has 0 spiro atoms. The van der Waals surface area contributed by atoms with E-state index in [1.54, 1.807) is 11.5 Å². The normalized spacial score (nSPS) is 20.0. The number of nitrogens with one attached hydrogen (secondary N) is 1. The molecule has 112 valence electrons. The highest BCUT2D eigenvalue weighted by atomic mass is 35.5. The van der Waals surface area contributed by atoms with Crippen LogP contribution in [0, 0.1) is 11.6 Å². The van der Waals surface area contributed by atoms with Gasteiger partial charge in [0.25, 0.3) is 0 Å². The van der Waals surface area contributed by atoms with Gasteiger partial charge in [0, 0.05) is 19.0 Å². The molecule has 1 aliphatic heterocycles. The number of halogens is 3. The lowest BCUT2D eigenvalue weighted by Gasteiger charge is -2.15. The van der Waals surface area contributed by atoms with Crippen LogP contribution in [-0.4, -0.2) is 21.5 Å². The van der Waals surface area contributed by atoms with Gasteiger partial charge in [0.2, 0.25) is 5.91 Å². The zero-order valence-corrected chi connectivity index (χ0v) is 12.1. The number of aromatic nitrogens is 2. The molecule has 0 bridgehead atoms. The van der Waals surface area contributed by atoms with Crippen LogP contribution < -0.4 is 5.32 Å². The molecule has 1 fully saturated rings. The van der Waals surface area contributed by atoms with Crippen LogP contribution in [0.5, 0.6) is 0 Å². The predicted molar refractivity (Wildman–Crippen MR) is 75.1 cm³/mol. The van der Waals surface area contributed by atoms with Gasteiger partial charge in [-0.1, -0.05) is 0 Å². The van der Waals surface area contributed by atoms with E-state index in [4.69, 9.17) is 11.6 Å². The molecule has 0 radical (unpaired) electrons. The summed E-state index contributed by atoms with van der Waals surface area (Å²) in [6.45, 7) is 2.05. The molecule has 7 heteroatoms. The molecule has 2 atom stereocenters. The number of imidazole rings is 1. The summed E-state index contributed by atoms with van der Waals surface area (Å²) < 4.78 is 29.2. The fraction of sp³-hybridized carbons (Fsp3) is 0.429. The van der Waals surface area contributed by atoms with Crippen molar-refractivity contribution in [3.63, 3.8) is 0 Å². The lowest BCUT2D eigenvalue weighted by Crippen LogP contribution is -2.30. The monoisotopic (exact) mass is 313 g/mol. The average molecular weight is 314 g/mol. The first-order valence-electron chi connectivity index (χ1n) is 6.75. The summed E-state index contributed by atoms with van der Waals surface area (Å²) in [5.41, 5.74) is 0.458. The van der Waals surface area contributed by atoms with Gasteiger partial charge in [0.15, 0.2) is 11.6 Å². The van der Waals surface area contributed by atoms with Crippen molar-refractivity contribution in [3.8, 4) is 0 Å². The zero-order valence-electron chi connectivity index (χ0n) is 11.4. The van der Waals surface area contributed by atoms with Crippen LogP contribution in [0.25, 0.3) is 11.0 Å². The standard InChI is InChI=1S/C14H14ClF2N3O/c1-7(15)14-19-10-4-3-9(16)12(17)13(10)20(14)6-8-2-5-11(21)18-8/h3-4,7-8H,2,5-6H2,1H3,(H,18,21). The number of amides is 1. The van der Waals surface area contributed by atoms with Gasteiger partial charge in [-0.15, -0.1) is 11.6 Å². The molecular formula is C14H14ClF2N3O. The summed E-state index contributed by atoms with van der Waals surface area (Å²) in [5.74, 6) is -1.42. The number of carbonyl (C=O) groups excluding carboxylic acids is 1. The summed E-state index contributed by atoms with van der Waals surface area (Å²) in [6.07, 6.45) is 1.10. The van der Waals surface area contributed by atoms with E-state index in [9.17, 15) is 13.6 Å². The highest BCUT2D eigenvalue weighted by Crippen LogP contribution is 2.28. The fourth-order valence-corrected chi connectivity index (χ4v) is 2.86. The molecule has 1 aliphatic rings. The Morgan fingerprint density at radius 1 is 1.52 bits per heavy atom. The van der Waals surface area contributed by atoms with Crippen LogP contribution in [0.4, 0.5) is 8.78 Å². The number of rotatable bonds is 3. The van der Waals surface area contributed by atoms with Gasteiger partial charge in [-0.05, 0) is 25.5 Å². The number of fused-ring (bicyclic) bond motifs is 1. The number of benzene rings is 1. The molecule has 1 amide bonds. The van der Waals surface area contributed by atoms with Gasteiger partial charge in [-0.2, -0.15) is 0 Å². The Balaban J connectivity index is 2.11. The van der Waals surface area contributed by atoms with Crippen LogP contribution in [-0.2, 0) is 11.3 Å². The van der Waals surface area contributed by atoms with E-state index < -0.39 is 17.0 Å². The molecule has 0 aliphatic carbocycles. The lowest BCUT2D eigenvalue weighted by atomic mass is 10.2. The van der Waals surface area contributed by atoms with Crippen molar-refractivity contribution in [2.45, 2.75) is 37.7 Å². The first-order valence-corrected chi connectivity index (χ1v) is 7.18. The lowest BCUT2D eigenvalue weighted by molar-refractivity contribution is -0.119. The SMILES string of the molecule is CC(Cl)c1nc2ccc(F)c(F)c2n1CC1CCC(=O)N1. The number of alkyl halides is 1. The maximum atomic E-state index is 14.1. The maximum absolute atomic E-state index is 14.1. The molecule has 1 saturated heterocycles. The van der Waals surface area contributed by atoms with Crippen molar-refractivity contribution in [1.82, 2.24) is 14.9 Å². The van der Waals surface area contributed by atoms with E-state index in [0.29, 0.717) is 30.7 Å². The van der Waals surface area contributed by atoms with Gasteiger partial charge in [0.1, 0.15) is 11.3 Å². The molecule has 2 aromatic rings. The molecule has 1 aromatic carbocycles. The van der Waals surface area contributed by atoms with Crippen molar-refractivity contribution in [3.05, 3.63) is 29.6 Å². The van der Waals surface area contributed by atoms with Gasteiger partial charge in [-0.3, -0.25) is 4.79 Å². The van der Waals surface area contributed by atoms with E-state index >= 15 is 0 Å². The topological polar surface area (TPSA) is 46.9 Å². The van der Waals surface area contributed by atoms with Crippen molar-refractivity contribution in [2.75, 3.05) is 0 Å². The Hall–Kier alpha value is -1.69. The zero-order chi connectivity index (χ0) is 15.1. The third-order valence-electron chi connectivity index (χ3n) is 3.67. The maximum Gasteiger partial charge on any atom is 0.220 e. The Morgan fingerprint density at radius 3 is 2.90 bits per heavy atom. The molecule has 3 rings (SSSR count). The van der Waals surface area contributed by atoms with Gasteiger partial charge < -0.3 is 9.88 Å². The van der Waals surface area contributed by atoms with Gasteiger partial charge in [-0.25, -0.2) is 13.8 Å². The molecule has 1 aromatic heterocycles. The predicted octanol–water partition coefficient (Wildman–Crippen LogP) is 2.89. The van der Waals surface area contributed by atoms with Crippen LogP contribution in [0.15, 0.2) is 12.1 Å².